The van der Waals surface area contributed by atoms with Crippen molar-refractivity contribution in [3.8, 4) is 17.0 Å². The van der Waals surface area contributed by atoms with Crippen LogP contribution in [0.15, 0.2) is 36.5 Å². The molecule has 5 nitrogen and oxygen atoms in total. The lowest BCUT2D eigenvalue weighted by atomic mass is 10.1. The molecule has 0 fully saturated rings. The number of phenols is 1. The summed E-state index contributed by atoms with van der Waals surface area (Å²) in [5, 5.41) is 13.5. The molecule has 1 aromatic heterocycles. The molecule has 15 heavy (non-hydrogen) atoms. The minimum atomic E-state index is -0.656. The Morgan fingerprint density at radius 1 is 1.33 bits per heavy atom. The Bertz CT molecular complexity index is 505. The summed E-state index contributed by atoms with van der Waals surface area (Å²) >= 11 is 0. The molecule has 2 aromatic rings. The lowest BCUT2D eigenvalue weighted by Gasteiger charge is -1.99. The third-order valence-corrected chi connectivity index (χ3v) is 1.99. The molecule has 0 bridgehead atoms. The SMILES string of the molecule is NC(=O)n1ccc(-c2ccccc2O)n1. The van der Waals surface area contributed by atoms with Gasteiger partial charge in [0.2, 0.25) is 0 Å². The third-order valence-electron chi connectivity index (χ3n) is 1.99. The molecule has 1 heterocycles. The largest absolute Gasteiger partial charge is 0.507 e. The van der Waals surface area contributed by atoms with Crippen molar-refractivity contribution in [2.75, 3.05) is 0 Å². The van der Waals surface area contributed by atoms with Gasteiger partial charge in [-0.2, -0.15) is 9.78 Å². The van der Waals surface area contributed by atoms with Gasteiger partial charge in [0.1, 0.15) is 5.75 Å². The van der Waals surface area contributed by atoms with E-state index in [1.807, 2.05) is 0 Å². The topological polar surface area (TPSA) is 81.1 Å². The number of rotatable bonds is 1. The average molecular weight is 203 g/mol. The minimum Gasteiger partial charge on any atom is -0.507 e. The van der Waals surface area contributed by atoms with Gasteiger partial charge in [0.05, 0.1) is 5.69 Å². The first kappa shape index (κ1) is 9.26. The summed E-state index contributed by atoms with van der Waals surface area (Å²) in [6, 6.07) is 7.71. The summed E-state index contributed by atoms with van der Waals surface area (Å²) in [7, 11) is 0. The summed E-state index contributed by atoms with van der Waals surface area (Å²) in [5.41, 5.74) is 6.12. The maximum Gasteiger partial charge on any atom is 0.339 e. The number of primary amides is 1. The number of hydrogen-bond acceptors (Lipinski definition) is 3. The van der Waals surface area contributed by atoms with E-state index in [0.29, 0.717) is 11.3 Å². The van der Waals surface area contributed by atoms with Gasteiger partial charge in [-0.1, -0.05) is 12.1 Å². The fraction of sp³-hybridized carbons (Fsp3) is 0. The van der Waals surface area contributed by atoms with E-state index in [4.69, 9.17) is 5.73 Å². The Morgan fingerprint density at radius 3 is 2.67 bits per heavy atom. The molecule has 0 radical (unpaired) electrons. The molecule has 2 rings (SSSR count). The Kier molecular flexibility index (Phi) is 2.13. The van der Waals surface area contributed by atoms with E-state index in [1.165, 1.54) is 6.20 Å². The van der Waals surface area contributed by atoms with Crippen LogP contribution in [0.4, 0.5) is 4.79 Å². The average Bonchev–Trinajstić information content (AvgIpc) is 2.67. The normalized spacial score (nSPS) is 10.1. The number of para-hydroxylation sites is 1. The van der Waals surface area contributed by atoms with Crippen molar-refractivity contribution in [2.45, 2.75) is 0 Å². The number of carbonyl (C=O) groups excluding carboxylic acids is 1. The first-order valence-corrected chi connectivity index (χ1v) is 4.32. The van der Waals surface area contributed by atoms with Crippen molar-refractivity contribution in [3.05, 3.63) is 36.5 Å². The van der Waals surface area contributed by atoms with Crippen LogP contribution < -0.4 is 5.73 Å². The summed E-state index contributed by atoms with van der Waals surface area (Å²) < 4.78 is 1.02. The van der Waals surface area contributed by atoms with Gasteiger partial charge in [-0.15, -0.1) is 0 Å². The molecule has 1 amide bonds. The van der Waals surface area contributed by atoms with Gasteiger partial charge in [-0.3, -0.25) is 0 Å². The number of aromatic nitrogens is 2. The number of nitrogens with two attached hydrogens (primary N) is 1. The lowest BCUT2D eigenvalue weighted by Crippen LogP contribution is -2.19. The van der Waals surface area contributed by atoms with Crippen LogP contribution in [-0.4, -0.2) is 20.9 Å². The molecular formula is C10H9N3O2. The second-order valence-corrected chi connectivity index (χ2v) is 3.00. The first-order valence-electron chi connectivity index (χ1n) is 4.32. The number of amides is 1. The minimum absolute atomic E-state index is 0.118. The van der Waals surface area contributed by atoms with Crippen LogP contribution in [0.25, 0.3) is 11.3 Å². The molecule has 0 aliphatic heterocycles. The van der Waals surface area contributed by atoms with E-state index in [2.05, 4.69) is 5.10 Å². The van der Waals surface area contributed by atoms with Gasteiger partial charge < -0.3 is 10.8 Å². The van der Waals surface area contributed by atoms with Crippen molar-refractivity contribution in [1.82, 2.24) is 9.78 Å². The van der Waals surface area contributed by atoms with Crippen LogP contribution in [-0.2, 0) is 0 Å². The van der Waals surface area contributed by atoms with Gasteiger partial charge >= 0.3 is 6.03 Å². The van der Waals surface area contributed by atoms with Crippen LogP contribution >= 0.6 is 0 Å². The summed E-state index contributed by atoms with van der Waals surface area (Å²) in [6.07, 6.45) is 1.45. The van der Waals surface area contributed by atoms with Crippen molar-refractivity contribution in [2.24, 2.45) is 5.73 Å². The van der Waals surface area contributed by atoms with Crippen molar-refractivity contribution in [3.63, 3.8) is 0 Å². The lowest BCUT2D eigenvalue weighted by molar-refractivity contribution is 0.247. The predicted molar refractivity (Wildman–Crippen MR) is 54.3 cm³/mol. The van der Waals surface area contributed by atoms with Crippen LogP contribution in [0.3, 0.4) is 0 Å². The molecule has 5 heteroatoms. The smallest absolute Gasteiger partial charge is 0.339 e. The zero-order chi connectivity index (χ0) is 10.8. The van der Waals surface area contributed by atoms with Crippen LogP contribution in [0, 0.1) is 0 Å². The van der Waals surface area contributed by atoms with E-state index in [-0.39, 0.29) is 5.75 Å². The van der Waals surface area contributed by atoms with Crippen LogP contribution in [0.1, 0.15) is 0 Å². The highest BCUT2D eigenvalue weighted by atomic mass is 16.3. The third kappa shape index (κ3) is 1.67. The highest BCUT2D eigenvalue weighted by Crippen LogP contribution is 2.26. The molecule has 0 spiro atoms. The van der Waals surface area contributed by atoms with E-state index in [0.717, 1.165) is 4.68 Å². The van der Waals surface area contributed by atoms with Gasteiger partial charge in [0.15, 0.2) is 0 Å². The summed E-state index contributed by atoms with van der Waals surface area (Å²) in [6.45, 7) is 0. The zero-order valence-electron chi connectivity index (χ0n) is 7.79. The Balaban J connectivity index is 2.46. The number of carbonyl (C=O) groups is 1. The molecular weight excluding hydrogens is 194 g/mol. The highest BCUT2D eigenvalue weighted by molar-refractivity contribution is 5.75. The molecule has 0 saturated heterocycles. The van der Waals surface area contributed by atoms with E-state index < -0.39 is 6.03 Å². The van der Waals surface area contributed by atoms with E-state index in [9.17, 15) is 9.90 Å². The predicted octanol–water partition coefficient (Wildman–Crippen LogP) is 1.18. The van der Waals surface area contributed by atoms with Gasteiger partial charge in [-0.05, 0) is 18.2 Å². The number of phenolic OH excluding ortho intramolecular Hbond substituents is 1. The molecule has 0 saturated carbocycles. The van der Waals surface area contributed by atoms with Gasteiger partial charge in [-0.25, -0.2) is 4.79 Å². The first-order chi connectivity index (χ1) is 7.18. The Hall–Kier alpha value is -2.30. The van der Waals surface area contributed by atoms with Crippen LogP contribution in [0.5, 0.6) is 5.75 Å². The molecule has 0 aliphatic carbocycles. The zero-order valence-corrected chi connectivity index (χ0v) is 7.79. The maximum absolute atomic E-state index is 10.8. The standard InChI is InChI=1S/C10H9N3O2/c11-10(15)13-6-5-8(12-13)7-3-1-2-4-9(7)14/h1-6,14H,(H2,11,15). The number of nitrogens with zero attached hydrogens (tertiary/aromatic N) is 2. The molecule has 0 aliphatic rings. The molecule has 0 atom stereocenters. The van der Waals surface area contributed by atoms with Gasteiger partial charge in [0.25, 0.3) is 0 Å². The maximum atomic E-state index is 10.8. The van der Waals surface area contributed by atoms with Crippen molar-refractivity contribution < 1.29 is 9.90 Å². The summed E-state index contributed by atoms with van der Waals surface area (Å²) in [4.78, 5) is 10.8. The van der Waals surface area contributed by atoms with Crippen molar-refractivity contribution >= 4 is 6.03 Å². The fourth-order valence-electron chi connectivity index (χ4n) is 1.28. The van der Waals surface area contributed by atoms with Crippen LogP contribution in [0.2, 0.25) is 0 Å². The molecule has 0 unspecified atom stereocenters. The number of hydrogen-bond donors (Lipinski definition) is 2. The number of benzene rings is 1. The molecule has 1 aromatic carbocycles. The molecule has 3 N–H and O–H groups in total. The fourth-order valence-corrected chi connectivity index (χ4v) is 1.28. The summed E-state index contributed by atoms with van der Waals surface area (Å²) in [5.74, 6) is 0.118. The highest BCUT2D eigenvalue weighted by Gasteiger charge is 2.08. The van der Waals surface area contributed by atoms with Gasteiger partial charge in [0, 0.05) is 11.8 Å². The molecule has 76 valence electrons. The van der Waals surface area contributed by atoms with E-state index >= 15 is 0 Å². The number of aromatic hydroxyl groups is 1. The Morgan fingerprint density at radius 2 is 2.07 bits per heavy atom. The van der Waals surface area contributed by atoms with E-state index in [1.54, 1.807) is 30.3 Å². The second-order valence-electron chi connectivity index (χ2n) is 3.00. The monoisotopic (exact) mass is 203 g/mol. The van der Waals surface area contributed by atoms with Crippen molar-refractivity contribution in [1.29, 1.82) is 0 Å². The quantitative estimate of drug-likeness (QED) is 0.730. The second kappa shape index (κ2) is 3.45. The Labute approximate surface area is 85.8 Å².